The lowest BCUT2D eigenvalue weighted by molar-refractivity contribution is -0.143. The van der Waals surface area contributed by atoms with Gasteiger partial charge >= 0.3 is 5.97 Å². The molecule has 0 N–H and O–H groups in total. The first kappa shape index (κ1) is 16.4. The Bertz CT molecular complexity index is 1130. The summed E-state index contributed by atoms with van der Waals surface area (Å²) < 4.78 is 8.11. The minimum absolute atomic E-state index is 0.0195. The van der Waals surface area contributed by atoms with Crippen molar-refractivity contribution in [1.29, 1.82) is 0 Å². The van der Waals surface area contributed by atoms with Crippen molar-refractivity contribution in [3.8, 4) is 5.82 Å². The van der Waals surface area contributed by atoms with Crippen molar-refractivity contribution < 1.29 is 9.53 Å². The highest BCUT2D eigenvalue weighted by Crippen LogP contribution is 2.24. The molecule has 3 aromatic heterocycles. The van der Waals surface area contributed by atoms with Gasteiger partial charge in [0.2, 0.25) is 5.28 Å². The number of nitrogens with zero attached hydrogens (tertiary/aromatic N) is 7. The third-order valence-corrected chi connectivity index (χ3v) is 4.07. The van der Waals surface area contributed by atoms with Gasteiger partial charge in [-0.05, 0) is 37.1 Å². The number of halogens is 1. The average Bonchev–Trinajstić information content (AvgIpc) is 3.20. The highest BCUT2D eigenvalue weighted by Gasteiger charge is 2.19. The molecule has 132 valence electrons. The van der Waals surface area contributed by atoms with Gasteiger partial charge in [-0.2, -0.15) is 14.6 Å². The van der Waals surface area contributed by atoms with E-state index >= 15 is 0 Å². The van der Waals surface area contributed by atoms with E-state index in [2.05, 4.69) is 25.3 Å². The molecule has 0 aliphatic carbocycles. The first-order valence-corrected chi connectivity index (χ1v) is 8.31. The van der Waals surface area contributed by atoms with Crippen LogP contribution in [0.4, 0.5) is 0 Å². The first-order valence-electron chi connectivity index (χ1n) is 7.94. The van der Waals surface area contributed by atoms with E-state index in [9.17, 15) is 4.79 Å². The van der Waals surface area contributed by atoms with Crippen LogP contribution >= 0.6 is 11.6 Å². The zero-order valence-corrected chi connectivity index (χ0v) is 14.8. The van der Waals surface area contributed by atoms with Crippen LogP contribution in [0.1, 0.15) is 12.5 Å². The molecule has 0 aliphatic heterocycles. The van der Waals surface area contributed by atoms with Crippen molar-refractivity contribution in [2.45, 2.75) is 20.4 Å². The summed E-state index contributed by atoms with van der Waals surface area (Å²) in [4.78, 5) is 24.6. The Hall–Kier alpha value is -3.07. The Morgan fingerprint density at radius 3 is 2.92 bits per heavy atom. The van der Waals surface area contributed by atoms with E-state index in [0.29, 0.717) is 23.6 Å². The number of aromatic nitrogens is 7. The predicted molar refractivity (Wildman–Crippen MR) is 94.1 cm³/mol. The number of ether oxygens (including phenoxy) is 1. The molecule has 4 aromatic rings. The van der Waals surface area contributed by atoms with Crippen molar-refractivity contribution in [3.63, 3.8) is 0 Å². The quantitative estimate of drug-likeness (QED) is 0.400. The molecule has 0 saturated heterocycles. The van der Waals surface area contributed by atoms with Crippen LogP contribution in [-0.4, -0.2) is 47.1 Å². The SMILES string of the molecule is CCOC(=O)Cn1cnc2c(-n3nnc4c(C)cccc43)nc(Cl)nc21. The predicted octanol–water partition coefficient (Wildman–Crippen LogP) is 2.09. The molecule has 9 nitrogen and oxygen atoms in total. The molecule has 0 bridgehead atoms. The average molecular weight is 372 g/mol. The molecule has 3 heterocycles. The topological polar surface area (TPSA) is 101 Å². The van der Waals surface area contributed by atoms with Gasteiger partial charge in [-0.3, -0.25) is 4.79 Å². The van der Waals surface area contributed by atoms with Crippen LogP contribution in [0.2, 0.25) is 5.28 Å². The number of imidazole rings is 1. The van der Waals surface area contributed by atoms with Gasteiger partial charge in [0.05, 0.1) is 18.5 Å². The molecule has 0 spiro atoms. The minimum atomic E-state index is -0.384. The molecule has 0 atom stereocenters. The molecule has 0 unspecified atom stereocenters. The van der Waals surface area contributed by atoms with Crippen molar-refractivity contribution >= 4 is 39.8 Å². The molecule has 0 saturated carbocycles. The van der Waals surface area contributed by atoms with Crippen molar-refractivity contribution in [2.24, 2.45) is 0 Å². The van der Waals surface area contributed by atoms with Crippen LogP contribution in [0.5, 0.6) is 0 Å². The number of rotatable bonds is 4. The molecule has 10 heteroatoms. The first-order chi connectivity index (χ1) is 12.6. The van der Waals surface area contributed by atoms with Crippen molar-refractivity contribution in [2.75, 3.05) is 6.61 Å². The Morgan fingerprint density at radius 2 is 2.12 bits per heavy atom. The number of hydrogen-bond acceptors (Lipinski definition) is 7. The van der Waals surface area contributed by atoms with Crippen LogP contribution in [-0.2, 0) is 16.1 Å². The lowest BCUT2D eigenvalue weighted by Gasteiger charge is -2.06. The molecule has 0 aliphatic rings. The van der Waals surface area contributed by atoms with Gasteiger partial charge in [0, 0.05) is 0 Å². The fraction of sp³-hybridized carbons (Fsp3) is 0.250. The van der Waals surface area contributed by atoms with Gasteiger partial charge in [-0.25, -0.2) is 4.98 Å². The minimum Gasteiger partial charge on any atom is -0.465 e. The number of fused-ring (bicyclic) bond motifs is 2. The number of hydrogen-bond donors (Lipinski definition) is 0. The van der Waals surface area contributed by atoms with Gasteiger partial charge in [0.25, 0.3) is 0 Å². The molecule has 0 amide bonds. The van der Waals surface area contributed by atoms with E-state index in [-0.39, 0.29) is 17.8 Å². The Kier molecular flexibility index (Phi) is 4.00. The van der Waals surface area contributed by atoms with E-state index < -0.39 is 0 Å². The monoisotopic (exact) mass is 371 g/mol. The van der Waals surface area contributed by atoms with Gasteiger partial charge in [-0.15, -0.1) is 5.10 Å². The van der Waals surface area contributed by atoms with E-state index in [1.54, 1.807) is 16.2 Å². The fourth-order valence-electron chi connectivity index (χ4n) is 2.75. The molecule has 26 heavy (non-hydrogen) atoms. The summed E-state index contributed by atoms with van der Waals surface area (Å²) >= 11 is 6.11. The molecule has 0 fully saturated rings. The second-order valence-corrected chi connectivity index (χ2v) is 5.95. The molecular formula is C16H14ClN7O2. The highest BCUT2D eigenvalue weighted by atomic mass is 35.5. The van der Waals surface area contributed by atoms with Crippen LogP contribution < -0.4 is 0 Å². The smallest absolute Gasteiger partial charge is 0.326 e. The lowest BCUT2D eigenvalue weighted by atomic mass is 10.2. The van der Waals surface area contributed by atoms with Gasteiger partial charge in [-0.1, -0.05) is 17.3 Å². The van der Waals surface area contributed by atoms with E-state index in [1.165, 1.54) is 6.33 Å². The lowest BCUT2D eigenvalue weighted by Crippen LogP contribution is -2.13. The maximum atomic E-state index is 11.8. The van der Waals surface area contributed by atoms with Crippen LogP contribution in [0.3, 0.4) is 0 Å². The zero-order chi connectivity index (χ0) is 18.3. The number of carbonyl (C=O) groups is 1. The third kappa shape index (κ3) is 2.66. The van der Waals surface area contributed by atoms with E-state index in [4.69, 9.17) is 16.3 Å². The molecular weight excluding hydrogens is 358 g/mol. The highest BCUT2D eigenvalue weighted by molar-refractivity contribution is 6.28. The maximum absolute atomic E-state index is 11.8. The summed E-state index contributed by atoms with van der Waals surface area (Å²) in [7, 11) is 0. The Balaban J connectivity index is 1.89. The summed E-state index contributed by atoms with van der Waals surface area (Å²) in [5.74, 6) is 0.0145. The standard InChI is InChI=1S/C16H14ClN7O2/c1-3-26-11(25)7-23-8-18-13-14(23)19-16(17)20-15(13)24-10-6-4-5-9(2)12(10)21-22-24/h4-6,8H,3,7H2,1-2H3. The number of carbonyl (C=O) groups excluding carboxylic acids is 1. The summed E-state index contributed by atoms with van der Waals surface area (Å²) in [5.41, 5.74) is 3.43. The summed E-state index contributed by atoms with van der Waals surface area (Å²) in [6.07, 6.45) is 1.50. The second kappa shape index (κ2) is 6.34. The van der Waals surface area contributed by atoms with Gasteiger partial charge in [0.15, 0.2) is 17.0 Å². The zero-order valence-electron chi connectivity index (χ0n) is 14.0. The Labute approximate surface area is 152 Å². The van der Waals surface area contributed by atoms with Gasteiger partial charge in [0.1, 0.15) is 12.1 Å². The summed E-state index contributed by atoms with van der Waals surface area (Å²) in [5, 5.41) is 8.43. The van der Waals surface area contributed by atoms with Crippen LogP contribution in [0.15, 0.2) is 24.5 Å². The number of esters is 1. The number of aryl methyl sites for hydroxylation is 1. The van der Waals surface area contributed by atoms with E-state index in [0.717, 1.165) is 16.6 Å². The molecule has 0 radical (unpaired) electrons. The van der Waals surface area contributed by atoms with Crippen molar-refractivity contribution in [1.82, 2.24) is 34.5 Å². The van der Waals surface area contributed by atoms with Crippen LogP contribution in [0.25, 0.3) is 28.0 Å². The third-order valence-electron chi connectivity index (χ3n) is 3.90. The van der Waals surface area contributed by atoms with Crippen LogP contribution in [0, 0.1) is 6.92 Å². The van der Waals surface area contributed by atoms with E-state index in [1.807, 2.05) is 25.1 Å². The molecule has 1 aromatic carbocycles. The second-order valence-electron chi connectivity index (χ2n) is 5.61. The van der Waals surface area contributed by atoms with Gasteiger partial charge < -0.3 is 9.30 Å². The summed E-state index contributed by atoms with van der Waals surface area (Å²) in [6.45, 7) is 3.99. The summed E-state index contributed by atoms with van der Waals surface area (Å²) in [6, 6.07) is 5.76. The van der Waals surface area contributed by atoms with Crippen molar-refractivity contribution in [3.05, 3.63) is 35.4 Å². The molecule has 4 rings (SSSR count). The normalized spacial score (nSPS) is 11.3. The number of benzene rings is 1. The Morgan fingerprint density at radius 1 is 1.27 bits per heavy atom. The maximum Gasteiger partial charge on any atom is 0.326 e. The fourth-order valence-corrected chi connectivity index (χ4v) is 2.91. The largest absolute Gasteiger partial charge is 0.465 e.